The van der Waals surface area contributed by atoms with Gasteiger partial charge in [0.05, 0.1) is 11.3 Å². The van der Waals surface area contributed by atoms with Crippen molar-refractivity contribution in [1.29, 1.82) is 0 Å². The smallest absolute Gasteiger partial charge is 0.269 e. The van der Waals surface area contributed by atoms with E-state index in [1.54, 1.807) is 24.7 Å². The maximum Gasteiger partial charge on any atom is 0.269 e. The van der Waals surface area contributed by atoms with Gasteiger partial charge in [0, 0.05) is 42.7 Å². The number of non-ortho nitro benzene ring substituents is 1. The second-order valence-electron chi connectivity index (χ2n) is 3.56. The van der Waals surface area contributed by atoms with Gasteiger partial charge in [0.25, 0.3) is 5.69 Å². The molecule has 88 valence electrons. The van der Waals surface area contributed by atoms with Crippen LogP contribution in [0.2, 0.25) is 0 Å². The number of nitrogens with one attached hydrogen (secondary N) is 2. The summed E-state index contributed by atoms with van der Waals surface area (Å²) in [5, 5.41) is 13.6. The van der Waals surface area contributed by atoms with Crippen LogP contribution in [0.4, 0.5) is 11.4 Å². The molecule has 2 rings (SSSR count). The summed E-state index contributed by atoms with van der Waals surface area (Å²) in [7, 11) is 0. The van der Waals surface area contributed by atoms with Crippen LogP contribution >= 0.6 is 0 Å². The van der Waals surface area contributed by atoms with E-state index in [1.807, 2.05) is 0 Å². The van der Waals surface area contributed by atoms with Crippen LogP contribution in [0, 0.1) is 10.1 Å². The second kappa shape index (κ2) is 5.11. The summed E-state index contributed by atoms with van der Waals surface area (Å²) < 4.78 is 0. The van der Waals surface area contributed by atoms with Crippen LogP contribution in [-0.4, -0.2) is 21.4 Å². The number of benzene rings is 1. The number of nitro benzene ring substituents is 1. The molecule has 0 bridgehead atoms. The van der Waals surface area contributed by atoms with Crippen molar-refractivity contribution >= 4 is 11.4 Å². The predicted octanol–water partition coefficient (Wildman–Crippen LogP) is 1.97. The monoisotopic (exact) mass is 232 g/mol. The zero-order chi connectivity index (χ0) is 12.1. The van der Waals surface area contributed by atoms with Crippen LogP contribution < -0.4 is 5.32 Å². The molecule has 2 aromatic rings. The van der Waals surface area contributed by atoms with E-state index < -0.39 is 4.92 Å². The van der Waals surface area contributed by atoms with Crippen molar-refractivity contribution in [3.63, 3.8) is 0 Å². The molecule has 0 atom stereocenters. The Morgan fingerprint density at radius 2 is 2.12 bits per heavy atom. The molecule has 1 heterocycles. The van der Waals surface area contributed by atoms with Crippen LogP contribution in [0.25, 0.3) is 0 Å². The summed E-state index contributed by atoms with van der Waals surface area (Å²) in [5.74, 6) is 0. The highest BCUT2D eigenvalue weighted by molar-refractivity contribution is 5.48. The van der Waals surface area contributed by atoms with Gasteiger partial charge in [0.2, 0.25) is 0 Å². The predicted molar refractivity (Wildman–Crippen MR) is 63.9 cm³/mol. The van der Waals surface area contributed by atoms with Gasteiger partial charge < -0.3 is 10.3 Å². The minimum atomic E-state index is -0.408. The van der Waals surface area contributed by atoms with E-state index >= 15 is 0 Å². The van der Waals surface area contributed by atoms with Gasteiger partial charge in [-0.05, 0) is 12.1 Å². The van der Waals surface area contributed by atoms with Gasteiger partial charge in [-0.1, -0.05) is 0 Å². The van der Waals surface area contributed by atoms with E-state index in [4.69, 9.17) is 0 Å². The molecule has 6 heteroatoms. The molecule has 1 aromatic carbocycles. The SMILES string of the molecule is O=[N+]([O-])c1ccc(NCCc2cnc[nH]2)cc1. The molecule has 0 radical (unpaired) electrons. The lowest BCUT2D eigenvalue weighted by molar-refractivity contribution is -0.384. The van der Waals surface area contributed by atoms with Gasteiger partial charge in [-0.3, -0.25) is 10.1 Å². The molecule has 1 aromatic heterocycles. The van der Waals surface area contributed by atoms with Gasteiger partial charge in [-0.25, -0.2) is 4.98 Å². The van der Waals surface area contributed by atoms with Gasteiger partial charge in [0.1, 0.15) is 0 Å². The fourth-order valence-electron chi connectivity index (χ4n) is 1.46. The lowest BCUT2D eigenvalue weighted by Crippen LogP contribution is -2.04. The Kier molecular flexibility index (Phi) is 3.34. The maximum atomic E-state index is 10.5. The fourth-order valence-corrected chi connectivity index (χ4v) is 1.46. The molecule has 0 fully saturated rings. The number of aromatic nitrogens is 2. The molecule has 0 saturated carbocycles. The molecule has 0 amide bonds. The number of hydrogen-bond acceptors (Lipinski definition) is 4. The quantitative estimate of drug-likeness (QED) is 0.609. The average molecular weight is 232 g/mol. The minimum absolute atomic E-state index is 0.101. The van der Waals surface area contributed by atoms with Crippen LogP contribution in [0.1, 0.15) is 5.69 Å². The molecule has 2 N–H and O–H groups in total. The van der Waals surface area contributed by atoms with Gasteiger partial charge in [0.15, 0.2) is 0 Å². The van der Waals surface area contributed by atoms with Crippen LogP contribution in [0.5, 0.6) is 0 Å². The molecule has 6 nitrogen and oxygen atoms in total. The minimum Gasteiger partial charge on any atom is -0.385 e. The molecule has 0 aliphatic carbocycles. The topological polar surface area (TPSA) is 83.8 Å². The van der Waals surface area contributed by atoms with E-state index in [0.717, 1.165) is 24.3 Å². The summed E-state index contributed by atoms with van der Waals surface area (Å²) in [6.07, 6.45) is 4.25. The number of hydrogen-bond donors (Lipinski definition) is 2. The third kappa shape index (κ3) is 3.04. The summed E-state index contributed by atoms with van der Waals surface area (Å²) in [5.41, 5.74) is 2.03. The number of imidazole rings is 1. The molecular formula is C11H12N4O2. The highest BCUT2D eigenvalue weighted by Crippen LogP contribution is 2.15. The van der Waals surface area contributed by atoms with Crippen molar-refractivity contribution in [3.8, 4) is 0 Å². The molecule has 0 spiro atoms. The van der Waals surface area contributed by atoms with Crippen LogP contribution in [-0.2, 0) is 6.42 Å². The highest BCUT2D eigenvalue weighted by atomic mass is 16.6. The van der Waals surface area contributed by atoms with Crippen LogP contribution in [0.3, 0.4) is 0 Å². The number of nitro groups is 1. The zero-order valence-electron chi connectivity index (χ0n) is 9.09. The van der Waals surface area contributed by atoms with Crippen molar-refractivity contribution in [2.45, 2.75) is 6.42 Å². The van der Waals surface area contributed by atoms with Crippen molar-refractivity contribution in [2.24, 2.45) is 0 Å². The fraction of sp³-hybridized carbons (Fsp3) is 0.182. The summed E-state index contributed by atoms with van der Waals surface area (Å²) in [6.45, 7) is 0.750. The standard InChI is InChI=1S/C11H12N4O2/c16-15(17)11-3-1-9(2-4-11)13-6-5-10-7-12-8-14-10/h1-4,7-8,13H,5-6H2,(H,12,14). The van der Waals surface area contributed by atoms with Crippen molar-refractivity contribution in [3.05, 3.63) is 52.6 Å². The molecular weight excluding hydrogens is 220 g/mol. The molecule has 17 heavy (non-hydrogen) atoms. The lowest BCUT2D eigenvalue weighted by Gasteiger charge is -2.04. The number of H-pyrrole nitrogens is 1. The van der Waals surface area contributed by atoms with E-state index in [9.17, 15) is 10.1 Å². The number of rotatable bonds is 5. The first-order valence-corrected chi connectivity index (χ1v) is 5.21. The Labute approximate surface area is 97.9 Å². The Morgan fingerprint density at radius 1 is 1.35 bits per heavy atom. The molecule has 0 aliphatic rings. The highest BCUT2D eigenvalue weighted by Gasteiger charge is 2.03. The maximum absolute atomic E-state index is 10.5. The Bertz CT molecular complexity index is 479. The van der Waals surface area contributed by atoms with E-state index in [2.05, 4.69) is 15.3 Å². The number of anilines is 1. The third-order valence-corrected chi connectivity index (χ3v) is 2.36. The zero-order valence-corrected chi connectivity index (χ0v) is 9.09. The third-order valence-electron chi connectivity index (χ3n) is 2.36. The average Bonchev–Trinajstić information content (AvgIpc) is 2.83. The van der Waals surface area contributed by atoms with Gasteiger partial charge in [-0.15, -0.1) is 0 Å². The summed E-state index contributed by atoms with van der Waals surface area (Å²) in [4.78, 5) is 17.0. The first-order valence-electron chi connectivity index (χ1n) is 5.21. The van der Waals surface area contributed by atoms with E-state index in [1.165, 1.54) is 12.1 Å². The summed E-state index contributed by atoms with van der Waals surface area (Å²) >= 11 is 0. The molecule has 0 unspecified atom stereocenters. The van der Waals surface area contributed by atoms with Crippen molar-refractivity contribution < 1.29 is 4.92 Å². The normalized spacial score (nSPS) is 10.1. The number of aromatic amines is 1. The Balaban J connectivity index is 1.85. The lowest BCUT2D eigenvalue weighted by atomic mass is 10.2. The Morgan fingerprint density at radius 3 is 2.71 bits per heavy atom. The summed E-state index contributed by atoms with van der Waals surface area (Å²) in [6, 6.07) is 6.37. The molecule has 0 aliphatic heterocycles. The van der Waals surface area contributed by atoms with Crippen LogP contribution in [0.15, 0.2) is 36.8 Å². The Hall–Kier alpha value is -2.37. The van der Waals surface area contributed by atoms with Crippen molar-refractivity contribution in [1.82, 2.24) is 9.97 Å². The molecule has 0 saturated heterocycles. The number of nitrogens with zero attached hydrogens (tertiary/aromatic N) is 2. The first-order chi connectivity index (χ1) is 8.25. The van der Waals surface area contributed by atoms with Gasteiger partial charge in [-0.2, -0.15) is 0 Å². The van der Waals surface area contributed by atoms with Gasteiger partial charge >= 0.3 is 0 Å². The second-order valence-corrected chi connectivity index (χ2v) is 3.56. The largest absolute Gasteiger partial charge is 0.385 e. The van der Waals surface area contributed by atoms with E-state index in [-0.39, 0.29) is 5.69 Å². The first kappa shape index (κ1) is 11.1. The van der Waals surface area contributed by atoms with E-state index in [0.29, 0.717) is 0 Å². The van der Waals surface area contributed by atoms with Crippen molar-refractivity contribution in [2.75, 3.05) is 11.9 Å².